The van der Waals surface area contributed by atoms with Gasteiger partial charge in [0.2, 0.25) is 0 Å². The first-order valence-electron chi connectivity index (χ1n) is 9.81. The second-order valence-electron chi connectivity index (χ2n) is 8.54. The van der Waals surface area contributed by atoms with Gasteiger partial charge in [0.15, 0.2) is 0 Å². The van der Waals surface area contributed by atoms with E-state index in [9.17, 15) is 13.2 Å². The van der Waals surface area contributed by atoms with Crippen molar-refractivity contribution in [1.82, 2.24) is 0 Å². The van der Waals surface area contributed by atoms with Gasteiger partial charge in [-0.05, 0) is 77.3 Å². The minimum atomic E-state index is -3.70. The molecular formula is C21H32O6S. The van der Waals surface area contributed by atoms with Gasteiger partial charge in [-0.1, -0.05) is 17.7 Å². The smallest absolute Gasteiger partial charge is 0.332 e. The van der Waals surface area contributed by atoms with E-state index >= 15 is 0 Å². The monoisotopic (exact) mass is 412 g/mol. The third-order valence-electron chi connectivity index (χ3n) is 4.73. The van der Waals surface area contributed by atoms with Gasteiger partial charge in [-0.2, -0.15) is 8.42 Å². The fourth-order valence-corrected chi connectivity index (χ4v) is 4.18. The highest BCUT2D eigenvalue weighted by Crippen LogP contribution is 2.30. The van der Waals surface area contributed by atoms with Gasteiger partial charge in [0.1, 0.15) is 12.2 Å². The molecule has 7 heteroatoms. The molecule has 0 aromatic heterocycles. The Bertz CT molecular complexity index is 725. The topological polar surface area (TPSA) is 78.9 Å². The largest absolute Gasteiger partial charge is 0.458 e. The molecule has 1 aromatic carbocycles. The highest BCUT2D eigenvalue weighted by molar-refractivity contribution is 7.86. The second kappa shape index (κ2) is 9.85. The van der Waals surface area contributed by atoms with Crippen LogP contribution in [0.15, 0.2) is 29.2 Å². The Morgan fingerprint density at radius 2 is 1.54 bits per heavy atom. The van der Waals surface area contributed by atoms with Gasteiger partial charge in [0.05, 0.1) is 18.1 Å². The minimum Gasteiger partial charge on any atom is -0.458 e. The van der Waals surface area contributed by atoms with Gasteiger partial charge in [-0.25, -0.2) is 4.79 Å². The van der Waals surface area contributed by atoms with Gasteiger partial charge in [0, 0.05) is 0 Å². The predicted molar refractivity (Wildman–Crippen MR) is 106 cm³/mol. The van der Waals surface area contributed by atoms with Crippen LogP contribution in [0.4, 0.5) is 0 Å². The Morgan fingerprint density at radius 1 is 1.00 bits per heavy atom. The fraction of sp³-hybridized carbons (Fsp3) is 0.667. The van der Waals surface area contributed by atoms with Crippen LogP contribution in [0.5, 0.6) is 0 Å². The molecule has 6 nitrogen and oxygen atoms in total. The van der Waals surface area contributed by atoms with E-state index < -0.39 is 15.7 Å². The molecule has 0 saturated heterocycles. The van der Waals surface area contributed by atoms with E-state index in [1.807, 2.05) is 27.7 Å². The molecule has 1 fully saturated rings. The maximum atomic E-state index is 12.3. The first-order valence-corrected chi connectivity index (χ1v) is 11.2. The summed E-state index contributed by atoms with van der Waals surface area (Å²) in [6.45, 7) is 8.09. The van der Waals surface area contributed by atoms with E-state index in [1.54, 1.807) is 24.3 Å². The number of carbonyl (C=O) groups excluding carboxylic acids is 1. The summed E-state index contributed by atoms with van der Waals surface area (Å²) in [5, 5.41) is 0. The third-order valence-corrected chi connectivity index (χ3v) is 6.02. The van der Waals surface area contributed by atoms with Crippen molar-refractivity contribution in [2.24, 2.45) is 11.8 Å². The average molecular weight is 413 g/mol. The first kappa shape index (κ1) is 22.8. The summed E-state index contributed by atoms with van der Waals surface area (Å²) in [7, 11) is -3.70. The Labute approximate surface area is 168 Å². The molecular weight excluding hydrogens is 380 g/mol. The molecule has 0 aliphatic heterocycles. The van der Waals surface area contributed by atoms with Crippen molar-refractivity contribution in [1.29, 1.82) is 0 Å². The summed E-state index contributed by atoms with van der Waals surface area (Å²) in [6.07, 6.45) is 3.66. The number of rotatable bonds is 8. The lowest BCUT2D eigenvalue weighted by Gasteiger charge is -2.28. The minimum absolute atomic E-state index is 0.0326. The lowest BCUT2D eigenvalue weighted by molar-refractivity contribution is -0.160. The zero-order valence-electron chi connectivity index (χ0n) is 17.3. The Kier molecular flexibility index (Phi) is 8.04. The summed E-state index contributed by atoms with van der Waals surface area (Å²) in [4.78, 5) is 11.8. The second-order valence-corrected chi connectivity index (χ2v) is 10.2. The summed E-state index contributed by atoms with van der Waals surface area (Å²) in [5.41, 5.74) is 0.503. The van der Waals surface area contributed by atoms with Gasteiger partial charge in [0.25, 0.3) is 10.1 Å². The van der Waals surface area contributed by atoms with Crippen LogP contribution < -0.4 is 0 Å². The number of benzene rings is 1. The average Bonchev–Trinajstić information content (AvgIpc) is 2.60. The molecule has 0 amide bonds. The SMILES string of the molecule is Cc1ccc(S(=O)(=O)OCC2CCC(COCC(=O)OC(C)(C)C)CC2)cc1. The Balaban J connectivity index is 1.67. The molecule has 1 aromatic rings. The summed E-state index contributed by atoms with van der Waals surface area (Å²) >= 11 is 0. The van der Waals surface area contributed by atoms with Crippen LogP contribution in [0.1, 0.15) is 52.0 Å². The maximum Gasteiger partial charge on any atom is 0.332 e. The number of esters is 1. The number of hydrogen-bond donors (Lipinski definition) is 0. The van der Waals surface area contributed by atoms with E-state index in [0.717, 1.165) is 31.2 Å². The van der Waals surface area contributed by atoms with Crippen LogP contribution in [0.3, 0.4) is 0 Å². The standard InChI is InChI=1S/C21H32O6S/c1-16-5-11-19(12-6-16)28(23,24)26-14-18-9-7-17(8-10-18)13-25-15-20(22)27-21(2,3)4/h5-6,11-12,17-18H,7-10,13-15H2,1-4H3. The summed E-state index contributed by atoms with van der Waals surface area (Å²) in [5.74, 6) is 0.255. The van der Waals surface area contributed by atoms with E-state index in [0.29, 0.717) is 12.5 Å². The van der Waals surface area contributed by atoms with E-state index in [4.69, 9.17) is 13.7 Å². The van der Waals surface area contributed by atoms with Crippen molar-refractivity contribution in [3.63, 3.8) is 0 Å². The molecule has 0 radical (unpaired) electrons. The number of aryl methyl sites for hydroxylation is 1. The van der Waals surface area contributed by atoms with Gasteiger partial charge >= 0.3 is 5.97 Å². The molecule has 2 rings (SSSR count). The molecule has 0 atom stereocenters. The molecule has 1 aliphatic carbocycles. The fourth-order valence-electron chi connectivity index (χ4n) is 3.20. The van der Waals surface area contributed by atoms with Crippen LogP contribution >= 0.6 is 0 Å². The number of carbonyl (C=O) groups is 1. The lowest BCUT2D eigenvalue weighted by atomic mass is 9.83. The van der Waals surface area contributed by atoms with Gasteiger partial charge < -0.3 is 9.47 Å². The molecule has 1 saturated carbocycles. The summed E-state index contributed by atoms with van der Waals surface area (Å²) < 4.78 is 40.5. The molecule has 0 unspecified atom stereocenters. The van der Waals surface area contributed by atoms with Crippen LogP contribution in [-0.4, -0.2) is 39.8 Å². The zero-order chi connectivity index (χ0) is 20.8. The molecule has 158 valence electrons. The Morgan fingerprint density at radius 3 is 2.07 bits per heavy atom. The van der Waals surface area contributed by atoms with Crippen molar-refractivity contribution in [3.05, 3.63) is 29.8 Å². The van der Waals surface area contributed by atoms with E-state index in [-0.39, 0.29) is 30.0 Å². The van der Waals surface area contributed by atoms with Crippen LogP contribution in [0.2, 0.25) is 0 Å². The highest BCUT2D eigenvalue weighted by atomic mass is 32.2. The number of ether oxygens (including phenoxy) is 2. The maximum absolute atomic E-state index is 12.3. The third kappa shape index (κ3) is 7.89. The van der Waals surface area contributed by atoms with Crippen LogP contribution in [-0.2, 0) is 28.6 Å². The van der Waals surface area contributed by atoms with E-state index in [1.165, 1.54) is 0 Å². The molecule has 0 heterocycles. The quantitative estimate of drug-likeness (QED) is 0.476. The molecule has 1 aliphatic rings. The first-order chi connectivity index (χ1) is 13.0. The molecule has 0 spiro atoms. The predicted octanol–water partition coefficient (Wildman–Crippen LogP) is 3.87. The Hall–Kier alpha value is -1.44. The zero-order valence-corrected chi connectivity index (χ0v) is 18.1. The van der Waals surface area contributed by atoms with E-state index in [2.05, 4.69) is 0 Å². The molecule has 0 N–H and O–H groups in total. The van der Waals surface area contributed by atoms with Crippen LogP contribution in [0.25, 0.3) is 0 Å². The normalized spacial score (nSPS) is 20.7. The molecule has 28 heavy (non-hydrogen) atoms. The van der Waals surface area contributed by atoms with Crippen molar-refractivity contribution in [2.45, 2.75) is 63.9 Å². The highest BCUT2D eigenvalue weighted by Gasteiger charge is 2.25. The van der Waals surface area contributed by atoms with Crippen LogP contribution in [0, 0.1) is 18.8 Å². The summed E-state index contributed by atoms with van der Waals surface area (Å²) in [6, 6.07) is 6.67. The number of hydrogen-bond acceptors (Lipinski definition) is 6. The van der Waals surface area contributed by atoms with Crippen molar-refractivity contribution >= 4 is 16.1 Å². The van der Waals surface area contributed by atoms with Crippen molar-refractivity contribution in [3.8, 4) is 0 Å². The van der Waals surface area contributed by atoms with Gasteiger partial charge in [-0.3, -0.25) is 4.18 Å². The van der Waals surface area contributed by atoms with Crippen molar-refractivity contribution in [2.75, 3.05) is 19.8 Å². The molecule has 0 bridgehead atoms. The van der Waals surface area contributed by atoms with Gasteiger partial charge in [-0.15, -0.1) is 0 Å². The lowest BCUT2D eigenvalue weighted by Crippen LogP contribution is -2.28. The van der Waals surface area contributed by atoms with Crippen molar-refractivity contribution < 1.29 is 26.9 Å².